The summed E-state index contributed by atoms with van der Waals surface area (Å²) in [5.74, 6) is 0.563. The number of piperidine rings is 1. The summed E-state index contributed by atoms with van der Waals surface area (Å²) < 4.78 is 4.89. The summed E-state index contributed by atoms with van der Waals surface area (Å²) in [7, 11) is 1.51. The van der Waals surface area contributed by atoms with E-state index >= 15 is 0 Å². The third-order valence-electron chi connectivity index (χ3n) is 4.10. The van der Waals surface area contributed by atoms with Crippen LogP contribution in [0.25, 0.3) is 11.5 Å². The molecule has 0 bridgehead atoms. The molecule has 24 heavy (non-hydrogen) atoms. The lowest BCUT2D eigenvalue weighted by Gasteiger charge is -2.31. The third kappa shape index (κ3) is 3.65. The topological polar surface area (TPSA) is 101 Å². The van der Waals surface area contributed by atoms with Crippen molar-refractivity contribution in [2.24, 2.45) is 0 Å². The average Bonchev–Trinajstić information content (AvgIpc) is 2.62. The van der Waals surface area contributed by atoms with Gasteiger partial charge < -0.3 is 14.6 Å². The summed E-state index contributed by atoms with van der Waals surface area (Å²) in [6.07, 6.45) is 6.23. The van der Waals surface area contributed by atoms with Crippen LogP contribution in [0.1, 0.15) is 24.5 Å². The molecule has 8 nitrogen and oxygen atoms in total. The number of amides is 1. The van der Waals surface area contributed by atoms with E-state index in [2.05, 4.69) is 19.9 Å². The predicted octanol–water partition coefficient (Wildman–Crippen LogP) is 0.579. The number of nitrogens with one attached hydrogen (secondary N) is 1. The van der Waals surface area contributed by atoms with Crippen LogP contribution in [0.3, 0.4) is 0 Å². The fourth-order valence-corrected chi connectivity index (χ4v) is 2.87. The molecule has 1 aliphatic heterocycles. The molecule has 1 fully saturated rings. The van der Waals surface area contributed by atoms with E-state index in [-0.39, 0.29) is 24.0 Å². The number of rotatable bonds is 4. The summed E-state index contributed by atoms with van der Waals surface area (Å²) in [4.78, 5) is 41.0. The maximum Gasteiger partial charge on any atom is 0.251 e. The van der Waals surface area contributed by atoms with Crippen molar-refractivity contribution in [1.82, 2.24) is 24.8 Å². The Morgan fingerprint density at radius 3 is 2.83 bits per heavy atom. The number of ether oxygens (including phenoxy) is 1. The lowest BCUT2D eigenvalue weighted by molar-refractivity contribution is -0.136. The second kappa shape index (κ2) is 7.31. The molecule has 0 saturated carbocycles. The minimum atomic E-state index is -0.210. The van der Waals surface area contributed by atoms with E-state index in [1.54, 1.807) is 23.5 Å². The van der Waals surface area contributed by atoms with Crippen molar-refractivity contribution in [1.29, 1.82) is 0 Å². The number of carbonyl (C=O) groups is 1. The molecule has 8 heteroatoms. The van der Waals surface area contributed by atoms with Crippen molar-refractivity contribution in [3.05, 3.63) is 40.7 Å². The molecule has 2 aromatic rings. The van der Waals surface area contributed by atoms with Gasteiger partial charge in [0.15, 0.2) is 5.82 Å². The predicted molar refractivity (Wildman–Crippen MR) is 86.3 cm³/mol. The fourth-order valence-electron chi connectivity index (χ4n) is 2.87. The second-order valence-corrected chi connectivity index (χ2v) is 5.70. The number of aromatic amines is 1. The molecular formula is C16H19N5O3. The summed E-state index contributed by atoms with van der Waals surface area (Å²) >= 11 is 0. The molecule has 126 valence electrons. The molecule has 0 atom stereocenters. The number of hydrogen-bond acceptors (Lipinski definition) is 6. The first-order valence-corrected chi connectivity index (χ1v) is 7.81. The van der Waals surface area contributed by atoms with Crippen LogP contribution in [-0.2, 0) is 9.53 Å². The Hall–Kier alpha value is -2.61. The van der Waals surface area contributed by atoms with E-state index in [0.717, 1.165) is 18.5 Å². The fraction of sp³-hybridized carbons (Fsp3) is 0.438. The first kappa shape index (κ1) is 16.3. The Morgan fingerprint density at radius 2 is 2.17 bits per heavy atom. The van der Waals surface area contributed by atoms with Crippen molar-refractivity contribution >= 4 is 5.91 Å². The van der Waals surface area contributed by atoms with Crippen LogP contribution in [-0.4, -0.2) is 57.5 Å². The molecular weight excluding hydrogens is 310 g/mol. The van der Waals surface area contributed by atoms with Gasteiger partial charge in [-0.1, -0.05) is 0 Å². The summed E-state index contributed by atoms with van der Waals surface area (Å²) in [6, 6.07) is 1.52. The van der Waals surface area contributed by atoms with E-state index in [4.69, 9.17) is 4.74 Å². The number of nitrogens with zero attached hydrogens (tertiary/aromatic N) is 4. The van der Waals surface area contributed by atoms with Gasteiger partial charge in [0.2, 0.25) is 5.91 Å². The second-order valence-electron chi connectivity index (χ2n) is 5.70. The normalized spacial score (nSPS) is 15.5. The molecule has 1 aliphatic rings. The van der Waals surface area contributed by atoms with Crippen molar-refractivity contribution in [3.8, 4) is 11.5 Å². The van der Waals surface area contributed by atoms with Crippen LogP contribution in [0.15, 0.2) is 29.5 Å². The van der Waals surface area contributed by atoms with Crippen molar-refractivity contribution in [2.75, 3.05) is 26.8 Å². The SMILES string of the molecule is COCC(=O)N1CCC(c2cc(=O)[nH]c(-c3cnccn3)n2)CC1. The van der Waals surface area contributed by atoms with E-state index in [0.29, 0.717) is 24.6 Å². The quantitative estimate of drug-likeness (QED) is 0.880. The van der Waals surface area contributed by atoms with Gasteiger partial charge in [-0.05, 0) is 12.8 Å². The zero-order valence-electron chi connectivity index (χ0n) is 13.4. The van der Waals surface area contributed by atoms with E-state index in [9.17, 15) is 9.59 Å². The van der Waals surface area contributed by atoms with Crippen molar-refractivity contribution in [3.63, 3.8) is 0 Å². The molecule has 1 saturated heterocycles. The summed E-state index contributed by atoms with van der Waals surface area (Å²) in [5, 5.41) is 0. The highest BCUT2D eigenvalue weighted by Crippen LogP contribution is 2.26. The highest BCUT2D eigenvalue weighted by Gasteiger charge is 2.25. The van der Waals surface area contributed by atoms with Gasteiger partial charge in [0.05, 0.1) is 11.9 Å². The van der Waals surface area contributed by atoms with Gasteiger partial charge in [0, 0.05) is 44.6 Å². The van der Waals surface area contributed by atoms with Crippen LogP contribution >= 0.6 is 0 Å². The van der Waals surface area contributed by atoms with Gasteiger partial charge in [-0.15, -0.1) is 0 Å². The zero-order valence-corrected chi connectivity index (χ0v) is 13.4. The minimum Gasteiger partial charge on any atom is -0.375 e. The number of hydrogen-bond donors (Lipinski definition) is 1. The van der Waals surface area contributed by atoms with Crippen LogP contribution in [0.5, 0.6) is 0 Å². The first-order valence-electron chi connectivity index (χ1n) is 7.81. The number of methoxy groups -OCH3 is 1. The first-order chi connectivity index (χ1) is 11.7. The molecule has 0 unspecified atom stereocenters. The summed E-state index contributed by atoms with van der Waals surface area (Å²) in [5.41, 5.74) is 1.06. The number of H-pyrrole nitrogens is 1. The Kier molecular flexibility index (Phi) is 4.95. The highest BCUT2D eigenvalue weighted by molar-refractivity contribution is 5.77. The minimum absolute atomic E-state index is 0.00457. The molecule has 0 radical (unpaired) electrons. The van der Waals surface area contributed by atoms with Gasteiger partial charge in [-0.2, -0.15) is 0 Å². The lowest BCUT2D eigenvalue weighted by atomic mass is 9.93. The molecule has 3 heterocycles. The molecule has 0 aliphatic carbocycles. The van der Waals surface area contributed by atoms with E-state index in [1.807, 2.05) is 0 Å². The number of carbonyl (C=O) groups excluding carboxylic acids is 1. The number of likely N-dealkylation sites (tertiary alicyclic amines) is 1. The van der Waals surface area contributed by atoms with Gasteiger partial charge in [-0.25, -0.2) is 9.97 Å². The van der Waals surface area contributed by atoms with Gasteiger partial charge >= 0.3 is 0 Å². The Morgan fingerprint density at radius 1 is 1.38 bits per heavy atom. The maximum atomic E-state index is 12.0. The van der Waals surface area contributed by atoms with Crippen LogP contribution < -0.4 is 5.56 Å². The molecule has 0 aromatic carbocycles. The monoisotopic (exact) mass is 329 g/mol. The lowest BCUT2D eigenvalue weighted by Crippen LogP contribution is -2.40. The highest BCUT2D eigenvalue weighted by atomic mass is 16.5. The summed E-state index contributed by atoms with van der Waals surface area (Å²) in [6.45, 7) is 1.38. The Bertz CT molecular complexity index is 754. The molecule has 1 N–H and O–H groups in total. The maximum absolute atomic E-state index is 12.0. The van der Waals surface area contributed by atoms with Crippen molar-refractivity contribution in [2.45, 2.75) is 18.8 Å². The van der Waals surface area contributed by atoms with Crippen LogP contribution in [0.4, 0.5) is 0 Å². The van der Waals surface area contributed by atoms with Crippen molar-refractivity contribution < 1.29 is 9.53 Å². The van der Waals surface area contributed by atoms with Gasteiger partial charge in [0.1, 0.15) is 12.3 Å². The molecule has 2 aromatic heterocycles. The van der Waals surface area contributed by atoms with Crippen LogP contribution in [0.2, 0.25) is 0 Å². The van der Waals surface area contributed by atoms with E-state index in [1.165, 1.54) is 13.2 Å². The third-order valence-corrected chi connectivity index (χ3v) is 4.10. The smallest absolute Gasteiger partial charge is 0.251 e. The largest absolute Gasteiger partial charge is 0.375 e. The average molecular weight is 329 g/mol. The standard InChI is InChI=1S/C16H19N5O3/c1-24-10-15(23)21-6-2-11(3-7-21)12-8-14(22)20-16(19-12)13-9-17-4-5-18-13/h4-5,8-9,11H,2-3,6-7,10H2,1H3,(H,19,20,22). The number of aromatic nitrogens is 4. The van der Waals surface area contributed by atoms with E-state index < -0.39 is 0 Å². The zero-order chi connectivity index (χ0) is 16.9. The van der Waals surface area contributed by atoms with Gasteiger partial charge in [0.25, 0.3) is 5.56 Å². The Labute approximate surface area is 138 Å². The molecule has 0 spiro atoms. The van der Waals surface area contributed by atoms with Gasteiger partial charge in [-0.3, -0.25) is 14.6 Å². The molecule has 3 rings (SSSR count). The van der Waals surface area contributed by atoms with Crippen LogP contribution in [0, 0.1) is 0 Å². The Balaban J connectivity index is 1.76. The molecule has 1 amide bonds.